The van der Waals surface area contributed by atoms with Crippen LogP contribution in [0.1, 0.15) is 12.1 Å². The standard InChI is InChI=1S/C11H19N3O5S/c1-8-9(10(15)14(3)11(16)13(8)2)20(17,18)12-6-5-7-19-4/h12H,5-7H2,1-4H3. The maximum Gasteiger partial charge on any atom is 0.330 e. The lowest BCUT2D eigenvalue weighted by atomic mass is 10.4. The number of nitrogens with one attached hydrogen (secondary N) is 1. The Labute approximate surface area is 117 Å². The third-order valence-electron chi connectivity index (χ3n) is 2.99. The molecule has 0 atom stereocenters. The summed E-state index contributed by atoms with van der Waals surface area (Å²) in [6.45, 7) is 1.99. The van der Waals surface area contributed by atoms with Gasteiger partial charge in [-0.05, 0) is 13.3 Å². The SMILES string of the molecule is COCCCNS(=O)(=O)c1c(C)n(C)c(=O)n(C)c1=O. The third-order valence-corrected chi connectivity index (χ3v) is 4.58. The van der Waals surface area contributed by atoms with Crippen LogP contribution >= 0.6 is 0 Å². The highest BCUT2D eigenvalue weighted by atomic mass is 32.2. The third kappa shape index (κ3) is 3.17. The molecule has 0 fully saturated rings. The molecule has 20 heavy (non-hydrogen) atoms. The monoisotopic (exact) mass is 305 g/mol. The summed E-state index contributed by atoms with van der Waals surface area (Å²) in [5.74, 6) is 0. The highest BCUT2D eigenvalue weighted by Crippen LogP contribution is 2.06. The first-order chi connectivity index (χ1) is 9.24. The molecule has 0 aliphatic carbocycles. The Kier molecular flexibility index (Phi) is 5.26. The van der Waals surface area contributed by atoms with Crippen molar-refractivity contribution in [3.05, 3.63) is 26.5 Å². The Hall–Kier alpha value is -1.45. The fraction of sp³-hybridized carbons (Fsp3) is 0.636. The Morgan fingerprint density at radius 1 is 1.20 bits per heavy atom. The van der Waals surface area contributed by atoms with E-state index >= 15 is 0 Å². The predicted molar refractivity (Wildman–Crippen MR) is 73.3 cm³/mol. The smallest absolute Gasteiger partial charge is 0.330 e. The molecule has 0 spiro atoms. The first kappa shape index (κ1) is 16.6. The number of sulfonamides is 1. The molecule has 0 aliphatic rings. The van der Waals surface area contributed by atoms with Crippen LogP contribution in [0.15, 0.2) is 14.5 Å². The van der Waals surface area contributed by atoms with Gasteiger partial charge in [0, 0.05) is 40.1 Å². The summed E-state index contributed by atoms with van der Waals surface area (Å²) >= 11 is 0. The normalized spacial score (nSPS) is 11.8. The number of nitrogens with zero attached hydrogens (tertiary/aromatic N) is 2. The summed E-state index contributed by atoms with van der Waals surface area (Å²) in [6.07, 6.45) is 0.487. The number of hydrogen-bond donors (Lipinski definition) is 1. The Balaban J connectivity index is 3.26. The van der Waals surface area contributed by atoms with Crippen molar-refractivity contribution in [2.75, 3.05) is 20.3 Å². The molecule has 1 aromatic rings. The van der Waals surface area contributed by atoms with Crippen LogP contribution in [0.2, 0.25) is 0 Å². The maximum absolute atomic E-state index is 12.2. The minimum atomic E-state index is -3.96. The fourth-order valence-corrected chi connectivity index (χ4v) is 3.17. The summed E-state index contributed by atoms with van der Waals surface area (Å²) < 4.78 is 33.4. The molecule has 0 amide bonds. The molecular formula is C11H19N3O5S. The minimum Gasteiger partial charge on any atom is -0.385 e. The molecule has 1 aromatic heterocycles. The summed E-state index contributed by atoms with van der Waals surface area (Å²) in [4.78, 5) is 23.3. The van der Waals surface area contributed by atoms with E-state index in [1.807, 2.05) is 0 Å². The molecule has 0 aliphatic heterocycles. The minimum absolute atomic E-state index is 0.109. The fourth-order valence-electron chi connectivity index (χ4n) is 1.72. The van der Waals surface area contributed by atoms with Crippen molar-refractivity contribution >= 4 is 10.0 Å². The number of methoxy groups -OCH3 is 1. The average Bonchev–Trinajstić information content (AvgIpc) is 2.39. The molecule has 9 heteroatoms. The van der Waals surface area contributed by atoms with Crippen molar-refractivity contribution in [2.24, 2.45) is 14.1 Å². The molecule has 0 saturated carbocycles. The Morgan fingerprint density at radius 2 is 1.80 bits per heavy atom. The van der Waals surface area contributed by atoms with Crippen LogP contribution in [0.25, 0.3) is 0 Å². The van der Waals surface area contributed by atoms with Crippen LogP contribution in [0.4, 0.5) is 0 Å². The Bertz CT molecular complexity index is 702. The summed E-state index contributed by atoms with van der Waals surface area (Å²) in [5, 5.41) is 0. The van der Waals surface area contributed by atoms with E-state index in [0.29, 0.717) is 13.0 Å². The van der Waals surface area contributed by atoms with Crippen molar-refractivity contribution < 1.29 is 13.2 Å². The second-order valence-corrected chi connectivity index (χ2v) is 6.07. The van der Waals surface area contributed by atoms with Gasteiger partial charge < -0.3 is 4.74 Å². The van der Waals surface area contributed by atoms with Crippen LogP contribution in [0, 0.1) is 6.92 Å². The topological polar surface area (TPSA) is 99.4 Å². The van der Waals surface area contributed by atoms with Gasteiger partial charge in [-0.3, -0.25) is 13.9 Å². The van der Waals surface area contributed by atoms with Crippen molar-refractivity contribution in [1.82, 2.24) is 13.9 Å². The second-order valence-electron chi connectivity index (χ2n) is 4.36. The van der Waals surface area contributed by atoms with E-state index in [0.717, 1.165) is 9.13 Å². The zero-order valence-corrected chi connectivity index (χ0v) is 12.8. The maximum atomic E-state index is 12.2. The summed E-state index contributed by atoms with van der Waals surface area (Å²) in [6, 6.07) is 0. The number of hydrogen-bond acceptors (Lipinski definition) is 5. The van der Waals surface area contributed by atoms with Crippen molar-refractivity contribution in [2.45, 2.75) is 18.2 Å². The van der Waals surface area contributed by atoms with Gasteiger partial charge in [0.15, 0.2) is 4.90 Å². The van der Waals surface area contributed by atoms with Gasteiger partial charge in [0.05, 0.1) is 0 Å². The largest absolute Gasteiger partial charge is 0.385 e. The van der Waals surface area contributed by atoms with Gasteiger partial charge in [0.2, 0.25) is 10.0 Å². The molecule has 8 nitrogen and oxygen atoms in total. The van der Waals surface area contributed by atoms with Crippen LogP contribution in [0.5, 0.6) is 0 Å². The molecule has 1 N–H and O–H groups in total. The van der Waals surface area contributed by atoms with Crippen molar-refractivity contribution in [3.8, 4) is 0 Å². The molecule has 0 unspecified atom stereocenters. The molecule has 1 heterocycles. The van der Waals surface area contributed by atoms with E-state index in [2.05, 4.69) is 4.72 Å². The number of ether oxygens (including phenoxy) is 1. The molecular weight excluding hydrogens is 286 g/mol. The van der Waals surface area contributed by atoms with Gasteiger partial charge in [-0.2, -0.15) is 0 Å². The van der Waals surface area contributed by atoms with Gasteiger partial charge in [-0.15, -0.1) is 0 Å². The lowest BCUT2D eigenvalue weighted by Gasteiger charge is -2.12. The predicted octanol–water partition coefficient (Wildman–Crippen LogP) is -1.29. The highest BCUT2D eigenvalue weighted by Gasteiger charge is 2.24. The van der Waals surface area contributed by atoms with Gasteiger partial charge in [0.1, 0.15) is 0 Å². The average molecular weight is 305 g/mol. The first-order valence-corrected chi connectivity index (χ1v) is 7.47. The number of rotatable bonds is 6. The van der Waals surface area contributed by atoms with E-state index in [1.54, 1.807) is 0 Å². The summed E-state index contributed by atoms with van der Waals surface area (Å²) in [7, 11) is 0.215. The van der Waals surface area contributed by atoms with Crippen molar-refractivity contribution in [1.29, 1.82) is 0 Å². The van der Waals surface area contributed by atoms with E-state index in [4.69, 9.17) is 4.74 Å². The van der Waals surface area contributed by atoms with Crippen LogP contribution in [-0.4, -0.2) is 37.8 Å². The summed E-state index contributed by atoms with van der Waals surface area (Å²) in [5.41, 5.74) is -1.28. The molecule has 0 saturated heterocycles. The Morgan fingerprint density at radius 3 is 2.35 bits per heavy atom. The van der Waals surface area contributed by atoms with Crippen LogP contribution < -0.4 is 16.0 Å². The van der Waals surface area contributed by atoms with Gasteiger partial charge in [-0.25, -0.2) is 17.9 Å². The van der Waals surface area contributed by atoms with E-state index < -0.39 is 26.2 Å². The lowest BCUT2D eigenvalue weighted by Crippen LogP contribution is -2.43. The van der Waals surface area contributed by atoms with Gasteiger partial charge in [-0.1, -0.05) is 0 Å². The van der Waals surface area contributed by atoms with E-state index in [-0.39, 0.29) is 12.2 Å². The molecule has 1 rings (SSSR count). The van der Waals surface area contributed by atoms with Gasteiger partial charge >= 0.3 is 5.69 Å². The van der Waals surface area contributed by atoms with Crippen LogP contribution in [-0.2, 0) is 28.9 Å². The molecule has 114 valence electrons. The molecule has 0 bridgehead atoms. The first-order valence-electron chi connectivity index (χ1n) is 5.99. The lowest BCUT2D eigenvalue weighted by molar-refractivity contribution is 0.196. The van der Waals surface area contributed by atoms with Crippen molar-refractivity contribution in [3.63, 3.8) is 0 Å². The van der Waals surface area contributed by atoms with Crippen LogP contribution in [0.3, 0.4) is 0 Å². The second kappa shape index (κ2) is 6.33. The molecule has 0 aromatic carbocycles. The van der Waals surface area contributed by atoms with E-state index in [9.17, 15) is 18.0 Å². The number of aromatic nitrogens is 2. The highest BCUT2D eigenvalue weighted by molar-refractivity contribution is 7.89. The quantitative estimate of drug-likeness (QED) is 0.659. The van der Waals surface area contributed by atoms with E-state index in [1.165, 1.54) is 28.1 Å². The zero-order valence-electron chi connectivity index (χ0n) is 12.0. The zero-order chi connectivity index (χ0) is 15.5. The van der Waals surface area contributed by atoms with Gasteiger partial charge in [0.25, 0.3) is 5.56 Å². The molecule has 0 radical (unpaired) electrons.